The van der Waals surface area contributed by atoms with E-state index in [2.05, 4.69) is 43.5 Å². The Kier molecular flexibility index (Phi) is 7.60. The monoisotopic (exact) mass is 271 g/mol. The van der Waals surface area contributed by atoms with E-state index in [9.17, 15) is 4.79 Å². The molecule has 0 aliphatic heterocycles. The highest BCUT2D eigenvalue weighted by Gasteiger charge is 2.22. The minimum atomic E-state index is -0.178. The predicted molar refractivity (Wildman–Crippen MR) is 82.3 cm³/mol. The number of nitrogens with one attached hydrogen (secondary N) is 2. The Morgan fingerprint density at radius 2 is 1.68 bits per heavy atom. The third-order valence-electron chi connectivity index (χ3n) is 2.72. The number of nitrogens with zero attached hydrogens (tertiary/aromatic N) is 1. The minimum absolute atomic E-state index is 0.0695. The van der Waals surface area contributed by atoms with Crippen LogP contribution in [0.3, 0.4) is 0 Å². The maximum atomic E-state index is 12.1. The van der Waals surface area contributed by atoms with Gasteiger partial charge in [0.2, 0.25) is 5.91 Å². The Bertz CT molecular complexity index is 259. The molecule has 0 spiro atoms. The van der Waals surface area contributed by atoms with Gasteiger partial charge in [0.25, 0.3) is 0 Å². The average molecular weight is 271 g/mol. The number of carbonyl (C=O) groups is 1. The van der Waals surface area contributed by atoms with Gasteiger partial charge < -0.3 is 15.5 Å². The summed E-state index contributed by atoms with van der Waals surface area (Å²) in [5.74, 6) is 0.690. The van der Waals surface area contributed by atoms with Crippen LogP contribution in [0.2, 0.25) is 0 Å². The fourth-order valence-electron chi connectivity index (χ4n) is 2.11. The van der Waals surface area contributed by atoms with Gasteiger partial charge in [0.15, 0.2) is 0 Å². The molecule has 0 aromatic rings. The second kappa shape index (κ2) is 7.85. The summed E-state index contributed by atoms with van der Waals surface area (Å²) in [6, 6.07) is 0.179. The van der Waals surface area contributed by atoms with E-state index in [-0.39, 0.29) is 17.5 Å². The highest BCUT2D eigenvalue weighted by Crippen LogP contribution is 2.07. The van der Waals surface area contributed by atoms with Crippen molar-refractivity contribution in [1.29, 1.82) is 0 Å². The molecule has 0 saturated heterocycles. The SMILES string of the molecule is CC(C)CC(CN(C)C)NC(C)C(=O)NC(C)(C)C. The maximum Gasteiger partial charge on any atom is 0.237 e. The molecule has 4 nitrogen and oxygen atoms in total. The number of rotatable bonds is 7. The summed E-state index contributed by atoms with van der Waals surface area (Å²) in [4.78, 5) is 14.2. The van der Waals surface area contributed by atoms with Crippen LogP contribution in [0.25, 0.3) is 0 Å². The first-order valence-electron chi connectivity index (χ1n) is 7.24. The fraction of sp³-hybridized carbons (Fsp3) is 0.933. The Labute approximate surface area is 119 Å². The first-order valence-corrected chi connectivity index (χ1v) is 7.24. The minimum Gasteiger partial charge on any atom is -0.350 e. The van der Waals surface area contributed by atoms with Crippen molar-refractivity contribution in [3.05, 3.63) is 0 Å². The van der Waals surface area contributed by atoms with Crippen molar-refractivity contribution in [3.8, 4) is 0 Å². The van der Waals surface area contributed by atoms with Crippen LogP contribution in [0, 0.1) is 5.92 Å². The molecule has 4 heteroatoms. The summed E-state index contributed by atoms with van der Waals surface area (Å²) in [5, 5.41) is 6.46. The number of amides is 1. The molecule has 0 rings (SSSR count). The Morgan fingerprint density at radius 1 is 1.16 bits per heavy atom. The molecule has 0 aromatic carbocycles. The maximum absolute atomic E-state index is 12.1. The van der Waals surface area contributed by atoms with Gasteiger partial charge in [-0.1, -0.05) is 13.8 Å². The summed E-state index contributed by atoms with van der Waals surface area (Å²) in [6.45, 7) is 13.3. The van der Waals surface area contributed by atoms with Gasteiger partial charge in [-0.05, 0) is 54.1 Å². The first-order chi connectivity index (χ1) is 8.51. The molecule has 0 heterocycles. The molecule has 0 aliphatic carbocycles. The van der Waals surface area contributed by atoms with Gasteiger partial charge in [0, 0.05) is 18.1 Å². The third-order valence-corrected chi connectivity index (χ3v) is 2.72. The highest BCUT2D eigenvalue weighted by molar-refractivity contribution is 5.81. The van der Waals surface area contributed by atoms with Crippen LogP contribution >= 0.6 is 0 Å². The zero-order valence-corrected chi connectivity index (χ0v) is 14.0. The molecule has 0 fully saturated rings. The van der Waals surface area contributed by atoms with Crippen molar-refractivity contribution in [1.82, 2.24) is 15.5 Å². The quantitative estimate of drug-likeness (QED) is 0.743. The van der Waals surface area contributed by atoms with Crippen LogP contribution in [0.15, 0.2) is 0 Å². The largest absolute Gasteiger partial charge is 0.350 e. The van der Waals surface area contributed by atoms with Crippen LogP contribution < -0.4 is 10.6 Å². The van der Waals surface area contributed by atoms with E-state index in [0.29, 0.717) is 12.0 Å². The van der Waals surface area contributed by atoms with Crippen LogP contribution in [-0.2, 0) is 4.79 Å². The van der Waals surface area contributed by atoms with Crippen LogP contribution in [0.4, 0.5) is 0 Å². The Balaban J connectivity index is 4.44. The van der Waals surface area contributed by atoms with Crippen molar-refractivity contribution in [2.24, 2.45) is 5.92 Å². The molecule has 0 saturated carbocycles. The average Bonchev–Trinajstić information content (AvgIpc) is 2.11. The molecular weight excluding hydrogens is 238 g/mol. The summed E-state index contributed by atoms with van der Waals surface area (Å²) in [7, 11) is 4.13. The van der Waals surface area contributed by atoms with E-state index in [1.807, 2.05) is 27.7 Å². The summed E-state index contributed by atoms with van der Waals surface area (Å²) < 4.78 is 0. The van der Waals surface area contributed by atoms with E-state index in [1.165, 1.54) is 0 Å². The zero-order chi connectivity index (χ0) is 15.2. The molecule has 2 N–H and O–H groups in total. The number of hydrogen-bond donors (Lipinski definition) is 2. The van der Waals surface area contributed by atoms with Gasteiger partial charge in [-0.3, -0.25) is 4.79 Å². The highest BCUT2D eigenvalue weighted by atomic mass is 16.2. The zero-order valence-electron chi connectivity index (χ0n) is 14.0. The van der Waals surface area contributed by atoms with Crippen LogP contribution in [0.5, 0.6) is 0 Å². The van der Waals surface area contributed by atoms with E-state index < -0.39 is 0 Å². The Hall–Kier alpha value is -0.610. The third kappa shape index (κ3) is 9.91. The molecule has 114 valence electrons. The number of hydrogen-bond acceptors (Lipinski definition) is 3. The topological polar surface area (TPSA) is 44.4 Å². The molecule has 0 bridgehead atoms. The van der Waals surface area contributed by atoms with Crippen molar-refractivity contribution in [3.63, 3.8) is 0 Å². The predicted octanol–water partition coefficient (Wildman–Crippen LogP) is 1.86. The van der Waals surface area contributed by atoms with E-state index >= 15 is 0 Å². The molecule has 0 aliphatic rings. The Morgan fingerprint density at radius 3 is 2.05 bits per heavy atom. The van der Waals surface area contributed by atoms with Crippen molar-refractivity contribution < 1.29 is 4.79 Å². The van der Waals surface area contributed by atoms with E-state index in [1.54, 1.807) is 0 Å². The van der Waals surface area contributed by atoms with Gasteiger partial charge in [-0.15, -0.1) is 0 Å². The molecule has 0 radical (unpaired) electrons. The second-order valence-electron chi connectivity index (χ2n) is 7.22. The summed E-state index contributed by atoms with van der Waals surface area (Å²) in [5.41, 5.74) is -0.178. The second-order valence-corrected chi connectivity index (χ2v) is 7.22. The summed E-state index contributed by atoms with van der Waals surface area (Å²) in [6.07, 6.45) is 1.07. The van der Waals surface area contributed by atoms with E-state index in [0.717, 1.165) is 13.0 Å². The van der Waals surface area contributed by atoms with Gasteiger partial charge >= 0.3 is 0 Å². The number of likely N-dealkylation sites (N-methyl/N-ethyl adjacent to an activating group) is 1. The lowest BCUT2D eigenvalue weighted by molar-refractivity contribution is -0.124. The van der Waals surface area contributed by atoms with Gasteiger partial charge in [0.05, 0.1) is 6.04 Å². The summed E-state index contributed by atoms with van der Waals surface area (Å²) >= 11 is 0. The molecule has 2 atom stereocenters. The number of carbonyl (C=O) groups excluding carboxylic acids is 1. The van der Waals surface area contributed by atoms with E-state index in [4.69, 9.17) is 0 Å². The molecular formula is C15H33N3O. The fourth-order valence-corrected chi connectivity index (χ4v) is 2.11. The lowest BCUT2D eigenvalue weighted by atomic mass is 10.0. The molecule has 19 heavy (non-hydrogen) atoms. The smallest absolute Gasteiger partial charge is 0.237 e. The van der Waals surface area contributed by atoms with Crippen molar-refractivity contribution in [2.75, 3.05) is 20.6 Å². The van der Waals surface area contributed by atoms with Gasteiger partial charge in [-0.25, -0.2) is 0 Å². The molecule has 1 amide bonds. The van der Waals surface area contributed by atoms with Crippen molar-refractivity contribution in [2.45, 2.75) is 65.6 Å². The molecule has 2 unspecified atom stereocenters. The first kappa shape index (κ1) is 18.4. The van der Waals surface area contributed by atoms with Crippen molar-refractivity contribution >= 4 is 5.91 Å². The van der Waals surface area contributed by atoms with Crippen LogP contribution in [-0.4, -0.2) is 49.1 Å². The lowest BCUT2D eigenvalue weighted by Gasteiger charge is -2.29. The molecule has 0 aromatic heterocycles. The standard InChI is InChI=1S/C15H33N3O/c1-11(2)9-13(10-18(7)8)16-12(3)14(19)17-15(4,5)6/h11-13,16H,9-10H2,1-8H3,(H,17,19). The lowest BCUT2D eigenvalue weighted by Crippen LogP contribution is -2.53. The van der Waals surface area contributed by atoms with Gasteiger partial charge in [-0.2, -0.15) is 0 Å². The van der Waals surface area contributed by atoms with Gasteiger partial charge in [0.1, 0.15) is 0 Å². The van der Waals surface area contributed by atoms with Crippen LogP contribution in [0.1, 0.15) is 48.0 Å². The normalized spacial score (nSPS) is 15.7.